The Balaban J connectivity index is 1.95. The maximum atomic E-state index is 11.9. The lowest BCUT2D eigenvalue weighted by Crippen LogP contribution is -2.43. The van der Waals surface area contributed by atoms with Crippen molar-refractivity contribution in [3.8, 4) is 0 Å². The van der Waals surface area contributed by atoms with Crippen molar-refractivity contribution in [2.75, 3.05) is 60.0 Å². The number of ether oxygens (including phenoxy) is 1. The van der Waals surface area contributed by atoms with Gasteiger partial charge in [0.25, 0.3) is 0 Å². The third-order valence-corrected chi connectivity index (χ3v) is 4.75. The fourth-order valence-electron chi connectivity index (χ4n) is 3.12. The molecule has 1 aromatic heterocycles. The molecule has 0 saturated carbocycles. The number of nitrogens with zero attached hydrogens (tertiary/aromatic N) is 3. The second-order valence-corrected chi connectivity index (χ2v) is 7.09. The van der Waals surface area contributed by atoms with Gasteiger partial charge in [0.1, 0.15) is 12.3 Å². The fraction of sp³-hybridized carbons (Fsp3) is 0.700. The van der Waals surface area contributed by atoms with Gasteiger partial charge in [-0.1, -0.05) is 0 Å². The number of furan rings is 1. The second kappa shape index (κ2) is 12.4. The minimum absolute atomic E-state index is 0.0301. The molecule has 2 N–H and O–H groups in total. The molecule has 8 heteroatoms. The quantitative estimate of drug-likeness (QED) is 0.337. The van der Waals surface area contributed by atoms with Gasteiger partial charge in [-0.2, -0.15) is 0 Å². The predicted molar refractivity (Wildman–Crippen MR) is 110 cm³/mol. The van der Waals surface area contributed by atoms with E-state index in [1.165, 1.54) is 12.8 Å². The van der Waals surface area contributed by atoms with Gasteiger partial charge in [0.15, 0.2) is 5.96 Å². The summed E-state index contributed by atoms with van der Waals surface area (Å²) in [5.41, 5.74) is 0. The zero-order chi connectivity index (χ0) is 20.2. The molecule has 0 bridgehead atoms. The maximum absolute atomic E-state index is 11.9. The van der Waals surface area contributed by atoms with Crippen LogP contribution in [0.2, 0.25) is 0 Å². The molecule has 1 aliphatic heterocycles. The minimum Gasteiger partial charge on any atom is -0.468 e. The largest absolute Gasteiger partial charge is 0.468 e. The van der Waals surface area contributed by atoms with Crippen LogP contribution in [-0.4, -0.2) is 81.7 Å². The predicted octanol–water partition coefficient (Wildman–Crippen LogP) is 1.47. The van der Waals surface area contributed by atoms with Crippen LogP contribution in [0.4, 0.5) is 0 Å². The van der Waals surface area contributed by atoms with Crippen LogP contribution in [-0.2, 0) is 9.53 Å². The summed E-state index contributed by atoms with van der Waals surface area (Å²) in [6, 6.07) is 4.10. The van der Waals surface area contributed by atoms with Crippen molar-refractivity contribution in [3.05, 3.63) is 24.2 Å². The van der Waals surface area contributed by atoms with E-state index >= 15 is 0 Å². The number of guanidine groups is 1. The maximum Gasteiger partial charge on any atom is 0.243 e. The zero-order valence-electron chi connectivity index (χ0n) is 17.4. The van der Waals surface area contributed by atoms with Crippen LogP contribution in [0.5, 0.6) is 0 Å². The monoisotopic (exact) mass is 393 g/mol. The summed E-state index contributed by atoms with van der Waals surface area (Å²) < 4.78 is 11.1. The number of hydrogen-bond donors (Lipinski definition) is 2. The SMILES string of the molecule is CCOCCCNC(=NCC(=O)N(C)C)NCC(c1ccco1)N1CCCC1. The lowest BCUT2D eigenvalue weighted by molar-refractivity contribution is -0.127. The van der Waals surface area contributed by atoms with Crippen molar-refractivity contribution in [3.63, 3.8) is 0 Å². The van der Waals surface area contributed by atoms with Gasteiger partial charge in [0.05, 0.1) is 12.3 Å². The molecular weight excluding hydrogens is 358 g/mol. The third-order valence-electron chi connectivity index (χ3n) is 4.75. The number of carbonyl (C=O) groups is 1. The number of hydrogen-bond acceptors (Lipinski definition) is 5. The normalized spacial score (nSPS) is 16.2. The lowest BCUT2D eigenvalue weighted by atomic mass is 10.2. The van der Waals surface area contributed by atoms with E-state index in [9.17, 15) is 4.79 Å². The van der Waals surface area contributed by atoms with E-state index in [0.717, 1.165) is 38.4 Å². The summed E-state index contributed by atoms with van der Waals surface area (Å²) >= 11 is 0. The molecule has 1 atom stereocenters. The molecule has 0 aromatic carbocycles. The smallest absolute Gasteiger partial charge is 0.243 e. The minimum atomic E-state index is -0.0301. The van der Waals surface area contributed by atoms with Gasteiger partial charge in [-0.15, -0.1) is 0 Å². The van der Waals surface area contributed by atoms with E-state index in [1.807, 2.05) is 19.1 Å². The Bertz CT molecular complexity index is 583. The van der Waals surface area contributed by atoms with Crippen LogP contribution in [0.15, 0.2) is 27.8 Å². The van der Waals surface area contributed by atoms with Crippen LogP contribution in [0.25, 0.3) is 0 Å². The van der Waals surface area contributed by atoms with Crippen LogP contribution >= 0.6 is 0 Å². The van der Waals surface area contributed by atoms with E-state index in [4.69, 9.17) is 9.15 Å². The highest BCUT2D eigenvalue weighted by Gasteiger charge is 2.25. The molecule has 8 nitrogen and oxygen atoms in total. The molecule has 1 fully saturated rings. The van der Waals surface area contributed by atoms with Crippen molar-refractivity contribution in [2.45, 2.75) is 32.2 Å². The lowest BCUT2D eigenvalue weighted by Gasteiger charge is -2.26. The highest BCUT2D eigenvalue weighted by molar-refractivity contribution is 5.84. The molecule has 2 rings (SSSR count). The zero-order valence-corrected chi connectivity index (χ0v) is 17.4. The molecule has 1 aromatic rings. The van der Waals surface area contributed by atoms with Gasteiger partial charge < -0.3 is 24.7 Å². The molecule has 28 heavy (non-hydrogen) atoms. The first kappa shape index (κ1) is 22.2. The van der Waals surface area contributed by atoms with E-state index < -0.39 is 0 Å². The molecule has 1 unspecified atom stereocenters. The first-order valence-electron chi connectivity index (χ1n) is 10.2. The third kappa shape index (κ3) is 7.52. The number of carbonyl (C=O) groups excluding carboxylic acids is 1. The number of rotatable bonds is 11. The van der Waals surface area contributed by atoms with Crippen molar-refractivity contribution < 1.29 is 13.9 Å². The first-order valence-corrected chi connectivity index (χ1v) is 10.2. The molecule has 1 aliphatic rings. The fourth-order valence-corrected chi connectivity index (χ4v) is 3.12. The Morgan fingerprint density at radius 3 is 2.79 bits per heavy atom. The van der Waals surface area contributed by atoms with E-state index in [-0.39, 0.29) is 18.5 Å². The summed E-state index contributed by atoms with van der Waals surface area (Å²) in [5, 5.41) is 6.70. The highest BCUT2D eigenvalue weighted by Crippen LogP contribution is 2.24. The van der Waals surface area contributed by atoms with Crippen molar-refractivity contribution in [1.82, 2.24) is 20.4 Å². The Labute approximate surface area is 168 Å². The Morgan fingerprint density at radius 2 is 2.14 bits per heavy atom. The molecule has 158 valence electrons. The van der Waals surface area contributed by atoms with Gasteiger partial charge in [-0.05, 0) is 51.4 Å². The van der Waals surface area contributed by atoms with E-state index in [1.54, 1.807) is 25.3 Å². The average molecular weight is 394 g/mol. The van der Waals surface area contributed by atoms with Crippen molar-refractivity contribution in [1.29, 1.82) is 0 Å². The van der Waals surface area contributed by atoms with Crippen LogP contribution < -0.4 is 10.6 Å². The van der Waals surface area contributed by atoms with Crippen LogP contribution in [0.1, 0.15) is 38.0 Å². The Morgan fingerprint density at radius 1 is 1.36 bits per heavy atom. The van der Waals surface area contributed by atoms with Crippen molar-refractivity contribution >= 4 is 11.9 Å². The van der Waals surface area contributed by atoms with Gasteiger partial charge >= 0.3 is 0 Å². The standard InChI is InChI=1S/C20H35N5O3/c1-4-27-13-8-10-21-20(23-16-19(26)24(2)3)22-15-17(18-9-7-14-28-18)25-11-5-6-12-25/h7,9,14,17H,4-6,8,10-13,15-16H2,1-3H3,(H2,21,22,23). The average Bonchev–Trinajstić information content (AvgIpc) is 3.39. The molecule has 1 saturated heterocycles. The number of nitrogens with one attached hydrogen (secondary N) is 2. The second-order valence-electron chi connectivity index (χ2n) is 7.09. The van der Waals surface area contributed by atoms with Crippen LogP contribution in [0, 0.1) is 0 Å². The molecule has 0 aliphatic carbocycles. The van der Waals surface area contributed by atoms with Gasteiger partial charge in [0.2, 0.25) is 5.91 Å². The molecule has 1 amide bonds. The molecule has 0 spiro atoms. The first-order chi connectivity index (χ1) is 13.6. The highest BCUT2D eigenvalue weighted by atomic mass is 16.5. The summed E-state index contributed by atoms with van der Waals surface area (Å²) in [5.74, 6) is 1.56. The molecule has 0 radical (unpaired) electrons. The van der Waals surface area contributed by atoms with Gasteiger partial charge in [-0.3, -0.25) is 9.69 Å². The summed E-state index contributed by atoms with van der Waals surface area (Å²) in [4.78, 5) is 20.4. The van der Waals surface area contributed by atoms with Gasteiger partial charge in [-0.25, -0.2) is 4.99 Å². The summed E-state index contributed by atoms with van der Waals surface area (Å²) in [6.45, 7) is 7.07. The summed E-state index contributed by atoms with van der Waals surface area (Å²) in [7, 11) is 3.47. The molecular formula is C20H35N5O3. The van der Waals surface area contributed by atoms with Crippen LogP contribution in [0.3, 0.4) is 0 Å². The topological polar surface area (TPSA) is 82.3 Å². The number of amides is 1. The number of likely N-dealkylation sites (N-methyl/N-ethyl adjacent to an activating group) is 1. The number of aliphatic imine (C=N–C) groups is 1. The van der Waals surface area contributed by atoms with Crippen molar-refractivity contribution in [2.24, 2.45) is 4.99 Å². The Kier molecular flexibility index (Phi) is 9.85. The van der Waals surface area contributed by atoms with E-state index in [0.29, 0.717) is 19.1 Å². The van der Waals surface area contributed by atoms with Gasteiger partial charge in [0, 0.05) is 40.4 Å². The summed E-state index contributed by atoms with van der Waals surface area (Å²) in [6.07, 6.45) is 5.02. The molecule has 2 heterocycles. The van der Waals surface area contributed by atoms with E-state index in [2.05, 4.69) is 20.5 Å². The number of likely N-dealkylation sites (tertiary alicyclic amines) is 1. The Hall–Kier alpha value is -2.06.